The third kappa shape index (κ3) is 6.04. The van der Waals surface area contributed by atoms with Gasteiger partial charge in [0.2, 0.25) is 5.43 Å². The van der Waals surface area contributed by atoms with Crippen LogP contribution in [0.4, 0.5) is 5.82 Å². The molecule has 4 heterocycles. The first-order chi connectivity index (χ1) is 20.9. The van der Waals surface area contributed by atoms with E-state index in [1.54, 1.807) is 12.4 Å². The predicted molar refractivity (Wildman–Crippen MR) is 170 cm³/mol. The molecule has 0 atom stereocenters. The van der Waals surface area contributed by atoms with Gasteiger partial charge in [0, 0.05) is 44.1 Å². The Kier molecular flexibility index (Phi) is 8.51. The fourth-order valence-corrected chi connectivity index (χ4v) is 6.66. The van der Waals surface area contributed by atoms with Gasteiger partial charge in [0.1, 0.15) is 11.4 Å². The number of anilines is 1. The van der Waals surface area contributed by atoms with Crippen molar-refractivity contribution in [2.75, 3.05) is 31.1 Å². The van der Waals surface area contributed by atoms with Crippen molar-refractivity contribution in [1.82, 2.24) is 29.7 Å². The molecule has 0 unspecified atom stereocenters. The van der Waals surface area contributed by atoms with Gasteiger partial charge >= 0.3 is 0 Å². The Morgan fingerprint density at radius 3 is 2.49 bits per heavy atom. The van der Waals surface area contributed by atoms with Crippen LogP contribution in [-0.2, 0) is 6.54 Å². The highest BCUT2D eigenvalue weighted by atomic mass is 16.2. The number of aromatic nitrogens is 4. The third-order valence-corrected chi connectivity index (χ3v) is 9.03. The molecule has 3 aromatic heterocycles. The average molecular weight is 580 g/mol. The summed E-state index contributed by atoms with van der Waals surface area (Å²) in [7, 11) is 0. The zero-order chi connectivity index (χ0) is 29.9. The number of aryl methyl sites for hydroxylation is 2. The van der Waals surface area contributed by atoms with Crippen LogP contribution in [-0.4, -0.2) is 62.5 Å². The third-order valence-electron chi connectivity index (χ3n) is 9.03. The van der Waals surface area contributed by atoms with E-state index in [0.29, 0.717) is 28.5 Å². The van der Waals surface area contributed by atoms with Crippen molar-refractivity contribution in [1.29, 1.82) is 0 Å². The molecule has 0 bridgehead atoms. The smallest absolute Gasteiger partial charge is 0.257 e. The Morgan fingerprint density at radius 2 is 1.72 bits per heavy atom. The van der Waals surface area contributed by atoms with Gasteiger partial charge < -0.3 is 10.2 Å². The van der Waals surface area contributed by atoms with E-state index in [-0.39, 0.29) is 17.5 Å². The van der Waals surface area contributed by atoms with E-state index >= 15 is 0 Å². The van der Waals surface area contributed by atoms with E-state index in [1.165, 1.54) is 32.1 Å². The zero-order valence-electron chi connectivity index (χ0n) is 25.5. The topological polar surface area (TPSA) is 96.3 Å². The SMILES string of the molecule is Cc1cnc(CNC(=O)c2c(C)n(-c3ccccc3C)c3nc(N4CCCN(C5CCCCC5)CC4)ccc3c2=O)cn1. The van der Waals surface area contributed by atoms with E-state index in [4.69, 9.17) is 4.98 Å². The molecule has 6 rings (SSSR count). The molecule has 1 aromatic carbocycles. The number of nitrogens with one attached hydrogen (secondary N) is 1. The second-order valence-electron chi connectivity index (χ2n) is 12.0. The van der Waals surface area contributed by atoms with Crippen LogP contribution in [0.5, 0.6) is 0 Å². The fourth-order valence-electron chi connectivity index (χ4n) is 6.66. The number of hydrogen-bond acceptors (Lipinski definition) is 7. The highest BCUT2D eigenvalue weighted by Gasteiger charge is 2.26. The van der Waals surface area contributed by atoms with Crippen LogP contribution in [0.15, 0.2) is 53.6 Å². The summed E-state index contributed by atoms with van der Waals surface area (Å²) in [5, 5.41) is 3.31. The summed E-state index contributed by atoms with van der Waals surface area (Å²) in [6.45, 7) is 9.89. The number of carbonyl (C=O) groups is 1. The van der Waals surface area contributed by atoms with E-state index in [0.717, 1.165) is 55.4 Å². The van der Waals surface area contributed by atoms with Gasteiger partial charge in [0.25, 0.3) is 5.91 Å². The molecule has 2 aliphatic rings. The monoisotopic (exact) mass is 579 g/mol. The number of nitrogens with zero attached hydrogens (tertiary/aromatic N) is 6. The predicted octanol–water partition coefficient (Wildman–Crippen LogP) is 4.88. The molecule has 9 heteroatoms. The highest BCUT2D eigenvalue weighted by molar-refractivity contribution is 5.98. The normalized spacial score (nSPS) is 16.8. The minimum Gasteiger partial charge on any atom is -0.355 e. The molecule has 2 fully saturated rings. The molecule has 43 heavy (non-hydrogen) atoms. The number of benzene rings is 1. The molecule has 1 saturated carbocycles. The lowest BCUT2D eigenvalue weighted by molar-refractivity contribution is 0.0948. The standard InChI is InChI=1S/C34H41N7O2/c1-23-10-7-8-13-29(23)41-25(3)31(34(43)37-22-26-21-35-24(2)20-36-26)32(42)28-14-15-30(38-33(28)41)40-17-9-16-39(18-19-40)27-11-5-4-6-12-27/h7-8,10,13-15,20-21,27H,4-6,9,11-12,16-19,22H2,1-3H3,(H,37,43). The molecular weight excluding hydrogens is 538 g/mol. The zero-order valence-corrected chi connectivity index (χ0v) is 25.5. The van der Waals surface area contributed by atoms with Gasteiger partial charge in [-0.15, -0.1) is 0 Å². The van der Waals surface area contributed by atoms with Crippen molar-refractivity contribution in [2.45, 2.75) is 71.9 Å². The summed E-state index contributed by atoms with van der Waals surface area (Å²) >= 11 is 0. The lowest BCUT2D eigenvalue weighted by Gasteiger charge is -2.33. The maximum atomic E-state index is 13.9. The van der Waals surface area contributed by atoms with Gasteiger partial charge in [-0.05, 0) is 63.8 Å². The van der Waals surface area contributed by atoms with E-state index in [1.807, 2.05) is 61.7 Å². The molecule has 224 valence electrons. The van der Waals surface area contributed by atoms with Crippen LogP contribution < -0.4 is 15.6 Å². The van der Waals surface area contributed by atoms with Gasteiger partial charge in [-0.2, -0.15) is 0 Å². The molecule has 4 aromatic rings. The van der Waals surface area contributed by atoms with Crippen molar-refractivity contribution in [2.24, 2.45) is 0 Å². The van der Waals surface area contributed by atoms with Gasteiger partial charge in [0.15, 0.2) is 5.65 Å². The number of fused-ring (bicyclic) bond motifs is 1. The summed E-state index contributed by atoms with van der Waals surface area (Å²) in [6, 6.07) is 12.5. The van der Waals surface area contributed by atoms with Crippen LogP contribution in [0.25, 0.3) is 16.7 Å². The second-order valence-corrected chi connectivity index (χ2v) is 12.0. The number of amides is 1. The number of rotatable bonds is 6. The van der Waals surface area contributed by atoms with Crippen molar-refractivity contribution in [3.05, 3.63) is 87.2 Å². The van der Waals surface area contributed by atoms with Crippen LogP contribution in [0.1, 0.15) is 71.5 Å². The van der Waals surface area contributed by atoms with Crippen molar-refractivity contribution >= 4 is 22.8 Å². The Morgan fingerprint density at radius 1 is 0.907 bits per heavy atom. The first kappa shape index (κ1) is 29.0. The Hall–Kier alpha value is -4.11. The van der Waals surface area contributed by atoms with Gasteiger partial charge in [0.05, 0.1) is 35.2 Å². The quantitative estimate of drug-likeness (QED) is 0.348. The van der Waals surface area contributed by atoms with Crippen LogP contribution >= 0.6 is 0 Å². The number of hydrogen-bond donors (Lipinski definition) is 1. The molecule has 1 saturated heterocycles. The van der Waals surface area contributed by atoms with E-state index in [9.17, 15) is 9.59 Å². The maximum Gasteiger partial charge on any atom is 0.257 e. The molecule has 1 aliphatic heterocycles. The van der Waals surface area contributed by atoms with Gasteiger partial charge in [-0.3, -0.25) is 29.0 Å². The number of carbonyl (C=O) groups excluding carboxylic acids is 1. The van der Waals surface area contributed by atoms with Gasteiger partial charge in [-0.1, -0.05) is 37.5 Å². The number of para-hydroxylation sites is 1. The second kappa shape index (κ2) is 12.6. The first-order valence-electron chi connectivity index (χ1n) is 15.6. The lowest BCUT2D eigenvalue weighted by atomic mass is 9.94. The summed E-state index contributed by atoms with van der Waals surface area (Å²) in [6.07, 6.45) is 11.1. The Labute approximate surface area is 253 Å². The minimum absolute atomic E-state index is 0.114. The maximum absolute atomic E-state index is 13.9. The average Bonchev–Trinajstić information content (AvgIpc) is 3.29. The van der Waals surface area contributed by atoms with Crippen molar-refractivity contribution in [3.8, 4) is 5.69 Å². The summed E-state index contributed by atoms with van der Waals surface area (Å²) in [5.41, 5.74) is 4.28. The first-order valence-corrected chi connectivity index (χ1v) is 15.6. The molecule has 1 amide bonds. The van der Waals surface area contributed by atoms with Crippen LogP contribution in [0.2, 0.25) is 0 Å². The number of pyridine rings is 2. The van der Waals surface area contributed by atoms with Crippen molar-refractivity contribution in [3.63, 3.8) is 0 Å². The summed E-state index contributed by atoms with van der Waals surface area (Å²) in [4.78, 5) is 46.2. The lowest BCUT2D eigenvalue weighted by Crippen LogP contribution is -2.39. The molecule has 1 N–H and O–H groups in total. The minimum atomic E-state index is -0.437. The van der Waals surface area contributed by atoms with Crippen LogP contribution in [0, 0.1) is 20.8 Å². The van der Waals surface area contributed by atoms with Gasteiger partial charge in [-0.25, -0.2) is 4.98 Å². The molecular formula is C34H41N7O2. The van der Waals surface area contributed by atoms with Crippen LogP contribution in [0.3, 0.4) is 0 Å². The Balaban J connectivity index is 1.37. The Bertz CT molecular complexity index is 1680. The highest BCUT2D eigenvalue weighted by Crippen LogP contribution is 2.27. The largest absolute Gasteiger partial charge is 0.355 e. The molecule has 0 radical (unpaired) electrons. The van der Waals surface area contributed by atoms with Crippen molar-refractivity contribution < 1.29 is 4.79 Å². The van der Waals surface area contributed by atoms with E-state index in [2.05, 4.69) is 25.1 Å². The fraction of sp³-hybridized carbons (Fsp3) is 0.441. The summed E-state index contributed by atoms with van der Waals surface area (Å²) < 4.78 is 1.97. The molecule has 9 nitrogen and oxygen atoms in total. The van der Waals surface area contributed by atoms with E-state index < -0.39 is 5.91 Å². The molecule has 0 spiro atoms. The molecule has 1 aliphatic carbocycles. The summed E-state index contributed by atoms with van der Waals surface area (Å²) in [5.74, 6) is 0.433.